The Morgan fingerprint density at radius 2 is 1.74 bits per heavy atom. The van der Waals surface area contributed by atoms with Gasteiger partial charge in [-0.3, -0.25) is 9.10 Å². The van der Waals surface area contributed by atoms with Gasteiger partial charge in [-0.15, -0.1) is 0 Å². The van der Waals surface area contributed by atoms with Crippen molar-refractivity contribution in [3.05, 3.63) is 82.3 Å². The zero-order valence-corrected chi connectivity index (χ0v) is 21.2. The van der Waals surface area contributed by atoms with E-state index < -0.39 is 15.9 Å². The quantitative estimate of drug-likeness (QED) is 0.469. The van der Waals surface area contributed by atoms with Gasteiger partial charge in [0.15, 0.2) is 11.5 Å². The summed E-state index contributed by atoms with van der Waals surface area (Å²) in [6.07, 6.45) is 0. The minimum absolute atomic E-state index is 0.116. The number of halogens is 1. The Labute approximate surface area is 207 Å². The Bertz CT molecular complexity index is 1290. The number of anilines is 1. The summed E-state index contributed by atoms with van der Waals surface area (Å²) in [6.45, 7) is 4.31. The first kappa shape index (κ1) is 24.1. The molecule has 0 spiro atoms. The minimum atomic E-state index is -3.98. The van der Waals surface area contributed by atoms with Gasteiger partial charge in [-0.05, 0) is 61.9 Å². The first-order valence-corrected chi connectivity index (χ1v) is 13.0. The van der Waals surface area contributed by atoms with Crippen LogP contribution in [0.2, 0.25) is 0 Å². The lowest BCUT2D eigenvalue weighted by molar-refractivity contribution is -0.120. The minimum Gasteiger partial charge on any atom is -0.486 e. The zero-order valence-electron chi connectivity index (χ0n) is 18.8. The van der Waals surface area contributed by atoms with Gasteiger partial charge in [0.25, 0.3) is 10.0 Å². The summed E-state index contributed by atoms with van der Waals surface area (Å²) in [5.74, 6) is 0.860. The van der Waals surface area contributed by atoms with E-state index in [2.05, 4.69) is 21.2 Å². The van der Waals surface area contributed by atoms with Crippen molar-refractivity contribution in [2.24, 2.45) is 0 Å². The number of hydrogen-bond acceptors (Lipinski definition) is 5. The topological polar surface area (TPSA) is 84.9 Å². The van der Waals surface area contributed by atoms with E-state index in [1.54, 1.807) is 48.5 Å². The summed E-state index contributed by atoms with van der Waals surface area (Å²) in [7, 11) is -3.98. The van der Waals surface area contributed by atoms with E-state index in [0.29, 0.717) is 34.9 Å². The van der Waals surface area contributed by atoms with E-state index in [1.807, 2.05) is 32.0 Å². The van der Waals surface area contributed by atoms with E-state index >= 15 is 0 Å². The van der Waals surface area contributed by atoms with Crippen LogP contribution in [0.25, 0.3) is 0 Å². The third kappa shape index (κ3) is 5.37. The van der Waals surface area contributed by atoms with Crippen molar-refractivity contribution in [2.45, 2.75) is 24.8 Å². The first-order valence-electron chi connectivity index (χ1n) is 10.8. The number of carbonyl (C=O) groups excluding carboxylic acids is 1. The lowest BCUT2D eigenvalue weighted by Gasteiger charge is -2.26. The number of amides is 1. The number of ether oxygens (including phenoxy) is 2. The number of nitrogens with one attached hydrogen (secondary N) is 1. The van der Waals surface area contributed by atoms with Crippen LogP contribution < -0.4 is 19.1 Å². The van der Waals surface area contributed by atoms with Crippen molar-refractivity contribution < 1.29 is 22.7 Å². The van der Waals surface area contributed by atoms with Crippen molar-refractivity contribution in [1.29, 1.82) is 0 Å². The number of hydrogen-bond donors (Lipinski definition) is 1. The highest BCUT2D eigenvalue weighted by atomic mass is 79.9. The molecule has 7 nitrogen and oxygen atoms in total. The van der Waals surface area contributed by atoms with Crippen molar-refractivity contribution >= 4 is 37.5 Å². The molecule has 3 aromatic carbocycles. The smallest absolute Gasteiger partial charge is 0.264 e. The molecule has 3 aromatic rings. The molecule has 34 heavy (non-hydrogen) atoms. The molecule has 0 radical (unpaired) electrons. The van der Waals surface area contributed by atoms with E-state index in [4.69, 9.17) is 9.47 Å². The SMILES string of the molecule is Cc1ccc(S(=O)(=O)N(CC(=O)N[C@@H](C)c2ccc3c(c2)OCCO3)c2cccc(Br)c2)cc1. The molecule has 0 fully saturated rings. The van der Waals surface area contributed by atoms with Gasteiger partial charge in [0, 0.05) is 4.47 Å². The molecule has 0 saturated carbocycles. The Hall–Kier alpha value is -3.04. The Morgan fingerprint density at radius 3 is 2.44 bits per heavy atom. The zero-order chi connectivity index (χ0) is 24.3. The highest BCUT2D eigenvalue weighted by molar-refractivity contribution is 9.10. The Morgan fingerprint density at radius 1 is 1.03 bits per heavy atom. The lowest BCUT2D eigenvalue weighted by atomic mass is 10.1. The van der Waals surface area contributed by atoms with Crippen LogP contribution in [0.4, 0.5) is 5.69 Å². The van der Waals surface area contributed by atoms with Crippen molar-refractivity contribution in [1.82, 2.24) is 5.32 Å². The summed E-state index contributed by atoms with van der Waals surface area (Å²) in [4.78, 5) is 13.1. The van der Waals surface area contributed by atoms with Gasteiger partial charge in [0.2, 0.25) is 5.91 Å². The van der Waals surface area contributed by atoms with Crippen LogP contribution in [-0.2, 0) is 14.8 Å². The summed E-state index contributed by atoms with van der Waals surface area (Å²) in [5.41, 5.74) is 2.16. The van der Waals surface area contributed by atoms with Gasteiger partial charge in [-0.2, -0.15) is 0 Å². The summed E-state index contributed by atoms with van der Waals surface area (Å²) >= 11 is 3.39. The number of fused-ring (bicyclic) bond motifs is 1. The Balaban J connectivity index is 1.57. The van der Waals surface area contributed by atoms with Crippen LogP contribution >= 0.6 is 15.9 Å². The van der Waals surface area contributed by atoms with Crippen LogP contribution in [0, 0.1) is 6.92 Å². The predicted octanol–water partition coefficient (Wildman–Crippen LogP) is 4.60. The first-order chi connectivity index (χ1) is 16.2. The second-order valence-electron chi connectivity index (χ2n) is 8.00. The highest BCUT2D eigenvalue weighted by Crippen LogP contribution is 2.33. The fourth-order valence-electron chi connectivity index (χ4n) is 3.61. The van der Waals surface area contributed by atoms with Gasteiger partial charge in [0.1, 0.15) is 19.8 Å². The second-order valence-corrected chi connectivity index (χ2v) is 10.8. The number of aryl methyl sites for hydroxylation is 1. The Kier molecular flexibility index (Phi) is 7.13. The molecule has 9 heteroatoms. The van der Waals surface area contributed by atoms with Crippen LogP contribution in [0.3, 0.4) is 0 Å². The molecular formula is C25H25BrN2O5S. The number of rotatable bonds is 7. The molecule has 0 aromatic heterocycles. The van der Waals surface area contributed by atoms with Crippen molar-refractivity contribution in [3.63, 3.8) is 0 Å². The molecule has 1 amide bonds. The average Bonchev–Trinajstić information content (AvgIpc) is 2.82. The fourth-order valence-corrected chi connectivity index (χ4v) is 5.41. The molecule has 1 heterocycles. The fraction of sp³-hybridized carbons (Fsp3) is 0.240. The number of sulfonamides is 1. The molecule has 0 unspecified atom stereocenters. The molecule has 178 valence electrons. The maximum Gasteiger partial charge on any atom is 0.264 e. The van der Waals surface area contributed by atoms with Gasteiger partial charge in [-0.25, -0.2) is 8.42 Å². The molecular weight excluding hydrogens is 520 g/mol. The maximum atomic E-state index is 13.5. The van der Waals surface area contributed by atoms with E-state index in [9.17, 15) is 13.2 Å². The van der Waals surface area contributed by atoms with Crippen molar-refractivity contribution in [3.8, 4) is 11.5 Å². The molecule has 1 aliphatic heterocycles. The second kappa shape index (κ2) is 10.1. The molecule has 1 N–H and O–H groups in total. The summed E-state index contributed by atoms with van der Waals surface area (Å²) in [6, 6.07) is 18.5. The van der Waals surface area contributed by atoms with Crippen LogP contribution in [0.1, 0.15) is 24.1 Å². The van der Waals surface area contributed by atoms with Crippen molar-refractivity contribution in [2.75, 3.05) is 24.1 Å². The molecule has 4 rings (SSSR count). The molecule has 0 aliphatic carbocycles. The molecule has 0 saturated heterocycles. The largest absolute Gasteiger partial charge is 0.486 e. The third-order valence-electron chi connectivity index (χ3n) is 5.44. The monoisotopic (exact) mass is 544 g/mol. The maximum absolute atomic E-state index is 13.5. The lowest BCUT2D eigenvalue weighted by Crippen LogP contribution is -2.41. The molecule has 0 bridgehead atoms. The van der Waals surface area contributed by atoms with Crippen LogP contribution in [-0.4, -0.2) is 34.1 Å². The van der Waals surface area contributed by atoms with Gasteiger partial charge in [0.05, 0.1) is 16.6 Å². The average molecular weight is 545 g/mol. The predicted molar refractivity (Wildman–Crippen MR) is 134 cm³/mol. The number of benzene rings is 3. The van der Waals surface area contributed by atoms with Crippen LogP contribution in [0.5, 0.6) is 11.5 Å². The van der Waals surface area contributed by atoms with Gasteiger partial charge in [-0.1, -0.05) is 45.8 Å². The number of nitrogens with zero attached hydrogens (tertiary/aromatic N) is 1. The molecule has 1 aliphatic rings. The summed E-state index contributed by atoms with van der Waals surface area (Å²) < 4.78 is 40.0. The number of carbonyl (C=O) groups is 1. The van der Waals surface area contributed by atoms with E-state index in [1.165, 1.54) is 0 Å². The summed E-state index contributed by atoms with van der Waals surface area (Å²) in [5, 5.41) is 2.90. The standard InChI is InChI=1S/C25H25BrN2O5S/c1-17-6-9-22(10-7-17)34(30,31)28(21-5-3-4-20(26)15-21)16-25(29)27-18(2)19-8-11-23-24(14-19)33-13-12-32-23/h3-11,14-15,18H,12-13,16H2,1-2H3,(H,27,29)/t18-/m0/s1. The third-order valence-corrected chi connectivity index (χ3v) is 7.72. The van der Waals surface area contributed by atoms with E-state index in [-0.39, 0.29) is 17.5 Å². The highest BCUT2D eigenvalue weighted by Gasteiger charge is 2.28. The van der Waals surface area contributed by atoms with Crippen LogP contribution in [0.15, 0.2) is 76.1 Å². The normalized spacial score (nSPS) is 13.7. The molecule has 1 atom stereocenters. The van der Waals surface area contributed by atoms with Gasteiger partial charge < -0.3 is 14.8 Å². The van der Waals surface area contributed by atoms with E-state index in [0.717, 1.165) is 15.4 Å². The van der Waals surface area contributed by atoms with Gasteiger partial charge >= 0.3 is 0 Å².